The number of rotatable bonds is 5. The SMILES string of the molecule is Cc1ccc(C(=O)NCC(C)(C)CCO)c(C)n1. The fraction of sp³-hybridized carbons (Fsp3) is 0.571. The van der Waals surface area contributed by atoms with Crippen molar-refractivity contribution < 1.29 is 9.90 Å². The van der Waals surface area contributed by atoms with E-state index in [0.717, 1.165) is 11.4 Å². The molecule has 1 rings (SSSR count). The van der Waals surface area contributed by atoms with Crippen molar-refractivity contribution in [2.75, 3.05) is 13.2 Å². The van der Waals surface area contributed by atoms with Crippen molar-refractivity contribution in [2.24, 2.45) is 5.41 Å². The van der Waals surface area contributed by atoms with Crippen molar-refractivity contribution in [1.82, 2.24) is 10.3 Å². The highest BCUT2D eigenvalue weighted by Crippen LogP contribution is 2.18. The number of aromatic nitrogens is 1. The summed E-state index contributed by atoms with van der Waals surface area (Å²) in [6.45, 7) is 8.45. The van der Waals surface area contributed by atoms with Gasteiger partial charge in [-0.05, 0) is 37.8 Å². The molecule has 0 saturated heterocycles. The number of carbonyl (C=O) groups is 1. The highest BCUT2D eigenvalue weighted by atomic mass is 16.3. The predicted octanol–water partition coefficient (Wildman–Crippen LogP) is 1.84. The third-order valence-corrected chi connectivity index (χ3v) is 2.99. The Balaban J connectivity index is 2.66. The number of pyridine rings is 1. The lowest BCUT2D eigenvalue weighted by atomic mass is 9.89. The number of carbonyl (C=O) groups excluding carboxylic acids is 1. The van der Waals surface area contributed by atoms with E-state index in [1.807, 2.05) is 33.8 Å². The van der Waals surface area contributed by atoms with E-state index in [-0.39, 0.29) is 17.9 Å². The molecule has 2 N–H and O–H groups in total. The first kappa shape index (κ1) is 14.6. The van der Waals surface area contributed by atoms with Crippen LogP contribution < -0.4 is 5.32 Å². The van der Waals surface area contributed by atoms with Gasteiger partial charge in [0.15, 0.2) is 0 Å². The Morgan fingerprint density at radius 3 is 2.61 bits per heavy atom. The molecule has 100 valence electrons. The molecule has 1 aromatic rings. The number of nitrogens with zero attached hydrogens (tertiary/aromatic N) is 1. The van der Waals surface area contributed by atoms with Crippen molar-refractivity contribution in [2.45, 2.75) is 34.1 Å². The molecule has 0 aliphatic rings. The molecule has 1 aromatic heterocycles. The van der Waals surface area contributed by atoms with E-state index >= 15 is 0 Å². The molecule has 4 nitrogen and oxygen atoms in total. The van der Waals surface area contributed by atoms with Gasteiger partial charge >= 0.3 is 0 Å². The van der Waals surface area contributed by atoms with E-state index in [0.29, 0.717) is 18.5 Å². The van der Waals surface area contributed by atoms with Crippen LogP contribution in [0.5, 0.6) is 0 Å². The van der Waals surface area contributed by atoms with Gasteiger partial charge in [0.05, 0.1) is 11.3 Å². The van der Waals surface area contributed by atoms with Crippen molar-refractivity contribution in [3.63, 3.8) is 0 Å². The predicted molar refractivity (Wildman–Crippen MR) is 71.5 cm³/mol. The fourth-order valence-corrected chi connectivity index (χ4v) is 1.73. The number of aliphatic hydroxyl groups excluding tert-OH is 1. The van der Waals surface area contributed by atoms with Crippen LogP contribution in [0.2, 0.25) is 0 Å². The minimum absolute atomic E-state index is 0.101. The van der Waals surface area contributed by atoms with Crippen LogP contribution in [0.1, 0.15) is 42.0 Å². The van der Waals surface area contributed by atoms with Crippen LogP contribution in [0.15, 0.2) is 12.1 Å². The summed E-state index contributed by atoms with van der Waals surface area (Å²) in [4.78, 5) is 16.3. The average molecular weight is 250 g/mol. The van der Waals surface area contributed by atoms with Gasteiger partial charge in [-0.15, -0.1) is 0 Å². The van der Waals surface area contributed by atoms with Crippen LogP contribution in [0.4, 0.5) is 0 Å². The second-order valence-corrected chi connectivity index (χ2v) is 5.41. The Morgan fingerprint density at radius 1 is 1.39 bits per heavy atom. The molecule has 0 aromatic carbocycles. The summed E-state index contributed by atoms with van der Waals surface area (Å²) < 4.78 is 0. The quantitative estimate of drug-likeness (QED) is 0.838. The van der Waals surface area contributed by atoms with E-state index in [1.54, 1.807) is 6.07 Å². The molecule has 0 fully saturated rings. The van der Waals surface area contributed by atoms with Crippen molar-refractivity contribution in [1.29, 1.82) is 0 Å². The number of amides is 1. The van der Waals surface area contributed by atoms with E-state index < -0.39 is 0 Å². The van der Waals surface area contributed by atoms with Gasteiger partial charge in [0.1, 0.15) is 0 Å². The third-order valence-electron chi connectivity index (χ3n) is 2.99. The molecule has 4 heteroatoms. The lowest BCUT2D eigenvalue weighted by Crippen LogP contribution is -2.35. The number of nitrogens with one attached hydrogen (secondary N) is 1. The molecule has 0 aliphatic heterocycles. The van der Waals surface area contributed by atoms with E-state index in [1.165, 1.54) is 0 Å². The Labute approximate surface area is 108 Å². The molecule has 0 aliphatic carbocycles. The van der Waals surface area contributed by atoms with Crippen LogP contribution in [0, 0.1) is 19.3 Å². The van der Waals surface area contributed by atoms with Gasteiger partial charge in [0.2, 0.25) is 0 Å². The molecular weight excluding hydrogens is 228 g/mol. The summed E-state index contributed by atoms with van der Waals surface area (Å²) in [6, 6.07) is 3.63. The van der Waals surface area contributed by atoms with Gasteiger partial charge in [0.25, 0.3) is 5.91 Å². The number of aryl methyl sites for hydroxylation is 2. The van der Waals surface area contributed by atoms with Crippen LogP contribution in [-0.4, -0.2) is 29.1 Å². The maximum absolute atomic E-state index is 12.0. The topological polar surface area (TPSA) is 62.2 Å². The van der Waals surface area contributed by atoms with Crippen molar-refractivity contribution >= 4 is 5.91 Å². The van der Waals surface area contributed by atoms with Crippen LogP contribution in [0.25, 0.3) is 0 Å². The summed E-state index contributed by atoms with van der Waals surface area (Å²) in [5, 5.41) is 11.8. The van der Waals surface area contributed by atoms with Gasteiger partial charge in [0, 0.05) is 18.8 Å². The van der Waals surface area contributed by atoms with Gasteiger partial charge < -0.3 is 10.4 Å². The number of hydrogen-bond donors (Lipinski definition) is 2. The average Bonchev–Trinajstić information content (AvgIpc) is 2.26. The first-order valence-electron chi connectivity index (χ1n) is 6.19. The molecule has 0 atom stereocenters. The van der Waals surface area contributed by atoms with E-state index in [4.69, 9.17) is 5.11 Å². The maximum atomic E-state index is 12.0. The monoisotopic (exact) mass is 250 g/mol. The largest absolute Gasteiger partial charge is 0.396 e. The summed E-state index contributed by atoms with van der Waals surface area (Å²) in [7, 11) is 0. The summed E-state index contributed by atoms with van der Waals surface area (Å²) in [5.74, 6) is -0.106. The molecule has 0 spiro atoms. The standard InChI is InChI=1S/C14H22N2O2/c1-10-5-6-12(11(2)16-10)13(18)15-9-14(3,4)7-8-17/h5-6,17H,7-9H2,1-4H3,(H,15,18). The zero-order chi connectivity index (χ0) is 13.8. The lowest BCUT2D eigenvalue weighted by molar-refractivity contribution is 0.0927. The summed E-state index contributed by atoms with van der Waals surface area (Å²) in [6.07, 6.45) is 0.665. The number of aliphatic hydroxyl groups is 1. The van der Waals surface area contributed by atoms with Crippen molar-refractivity contribution in [3.8, 4) is 0 Å². The minimum Gasteiger partial charge on any atom is -0.396 e. The Bertz CT molecular complexity index is 428. The fourth-order valence-electron chi connectivity index (χ4n) is 1.73. The summed E-state index contributed by atoms with van der Waals surface area (Å²) in [5.41, 5.74) is 2.16. The Morgan fingerprint density at radius 2 is 2.06 bits per heavy atom. The normalized spacial score (nSPS) is 11.4. The van der Waals surface area contributed by atoms with Crippen molar-refractivity contribution in [3.05, 3.63) is 29.1 Å². The second kappa shape index (κ2) is 5.96. The second-order valence-electron chi connectivity index (χ2n) is 5.41. The van der Waals surface area contributed by atoms with Gasteiger partial charge in [-0.2, -0.15) is 0 Å². The minimum atomic E-state index is -0.106. The zero-order valence-corrected chi connectivity index (χ0v) is 11.6. The van der Waals surface area contributed by atoms with Crippen LogP contribution >= 0.6 is 0 Å². The maximum Gasteiger partial charge on any atom is 0.253 e. The Kier molecular flexibility index (Phi) is 4.84. The zero-order valence-electron chi connectivity index (χ0n) is 11.6. The summed E-state index contributed by atoms with van der Waals surface area (Å²) >= 11 is 0. The molecule has 0 unspecified atom stereocenters. The number of hydrogen-bond acceptors (Lipinski definition) is 3. The highest BCUT2D eigenvalue weighted by molar-refractivity contribution is 5.95. The van der Waals surface area contributed by atoms with E-state index in [2.05, 4.69) is 10.3 Å². The highest BCUT2D eigenvalue weighted by Gasteiger charge is 2.19. The molecule has 1 amide bonds. The molecule has 0 bridgehead atoms. The van der Waals surface area contributed by atoms with Crippen LogP contribution in [-0.2, 0) is 0 Å². The smallest absolute Gasteiger partial charge is 0.253 e. The molecule has 0 saturated carbocycles. The molecule has 0 radical (unpaired) electrons. The third kappa shape index (κ3) is 4.11. The van der Waals surface area contributed by atoms with Gasteiger partial charge in [-0.25, -0.2) is 0 Å². The molecular formula is C14H22N2O2. The Hall–Kier alpha value is -1.42. The first-order chi connectivity index (χ1) is 8.35. The van der Waals surface area contributed by atoms with Gasteiger partial charge in [-0.3, -0.25) is 9.78 Å². The lowest BCUT2D eigenvalue weighted by Gasteiger charge is -2.24. The van der Waals surface area contributed by atoms with Gasteiger partial charge in [-0.1, -0.05) is 13.8 Å². The van der Waals surface area contributed by atoms with E-state index in [9.17, 15) is 4.79 Å². The molecule has 1 heterocycles. The van der Waals surface area contributed by atoms with Crippen LogP contribution in [0.3, 0.4) is 0 Å². The molecule has 18 heavy (non-hydrogen) atoms. The first-order valence-corrected chi connectivity index (χ1v) is 6.19.